The van der Waals surface area contributed by atoms with Crippen molar-refractivity contribution in [3.05, 3.63) is 22.4 Å². The van der Waals surface area contributed by atoms with Crippen LogP contribution in [0.4, 0.5) is 17.6 Å². The first-order valence-electron chi connectivity index (χ1n) is 3.24. The van der Waals surface area contributed by atoms with Crippen molar-refractivity contribution in [2.45, 2.75) is 10.4 Å². The second-order valence-corrected chi connectivity index (χ2v) is 4.22. The van der Waals surface area contributed by atoms with Crippen molar-refractivity contribution in [2.75, 3.05) is 0 Å². The van der Waals surface area contributed by atoms with Gasteiger partial charge in [-0.15, -0.1) is 0 Å². The maximum Gasteiger partial charge on any atom is 0.446 e. The van der Waals surface area contributed by atoms with Crippen LogP contribution in [0.25, 0.3) is 0 Å². The lowest BCUT2D eigenvalue weighted by Crippen LogP contribution is -2.00. The van der Waals surface area contributed by atoms with Crippen LogP contribution in [0.5, 0.6) is 5.75 Å². The number of phenols is 1. The Bertz CT molecular complexity index is 352. The van der Waals surface area contributed by atoms with Crippen molar-refractivity contribution >= 4 is 27.7 Å². The van der Waals surface area contributed by atoms with Crippen LogP contribution in [0.2, 0.25) is 0 Å². The van der Waals surface area contributed by atoms with Gasteiger partial charge in [-0.1, -0.05) is 0 Å². The number of aromatic hydroxyl groups is 1. The average Bonchev–Trinajstić information content (AvgIpc) is 2.04. The van der Waals surface area contributed by atoms with Gasteiger partial charge in [0.1, 0.15) is 0 Å². The Labute approximate surface area is 89.2 Å². The molecule has 0 bridgehead atoms. The molecule has 1 N–H and O–H groups in total. The molecule has 7 heteroatoms. The van der Waals surface area contributed by atoms with Crippen LogP contribution in [-0.4, -0.2) is 10.6 Å². The highest BCUT2D eigenvalue weighted by Gasteiger charge is 2.31. The molecule has 0 aliphatic heterocycles. The standard InChI is InChI=1S/C7H3BrF4OS/c8-3-1-2-4(5(9)6(3)13)14-7(10,11)12/h1-2,13H. The van der Waals surface area contributed by atoms with Crippen molar-refractivity contribution in [1.29, 1.82) is 0 Å². The fraction of sp³-hybridized carbons (Fsp3) is 0.143. The third-order valence-electron chi connectivity index (χ3n) is 1.26. The number of phenolic OH excluding ortho intramolecular Hbond substituents is 1. The third kappa shape index (κ3) is 2.78. The van der Waals surface area contributed by atoms with Gasteiger partial charge < -0.3 is 5.11 Å². The molecule has 0 heterocycles. The number of thioether (sulfide) groups is 1. The molecular formula is C7H3BrF4OS. The Balaban J connectivity index is 3.06. The number of rotatable bonds is 1. The number of alkyl halides is 3. The second kappa shape index (κ2) is 3.98. The van der Waals surface area contributed by atoms with E-state index in [4.69, 9.17) is 5.11 Å². The topological polar surface area (TPSA) is 20.2 Å². The third-order valence-corrected chi connectivity index (χ3v) is 2.66. The SMILES string of the molecule is Oc1c(Br)ccc(SC(F)(F)F)c1F. The highest BCUT2D eigenvalue weighted by Crippen LogP contribution is 2.41. The number of benzene rings is 1. The van der Waals surface area contributed by atoms with E-state index in [0.717, 1.165) is 12.1 Å². The molecule has 0 aliphatic carbocycles. The first-order valence-corrected chi connectivity index (χ1v) is 4.85. The van der Waals surface area contributed by atoms with Crippen molar-refractivity contribution in [1.82, 2.24) is 0 Å². The summed E-state index contributed by atoms with van der Waals surface area (Å²) in [7, 11) is 0. The van der Waals surface area contributed by atoms with E-state index < -0.39 is 33.7 Å². The summed E-state index contributed by atoms with van der Waals surface area (Å²) in [5.41, 5.74) is -4.57. The number of hydrogen-bond donors (Lipinski definition) is 1. The van der Waals surface area contributed by atoms with Crippen LogP contribution >= 0.6 is 27.7 Å². The molecule has 0 atom stereocenters. The van der Waals surface area contributed by atoms with E-state index in [2.05, 4.69) is 15.9 Å². The molecule has 0 aliphatic rings. The molecule has 0 radical (unpaired) electrons. The maximum absolute atomic E-state index is 13.0. The lowest BCUT2D eigenvalue weighted by Gasteiger charge is -2.07. The highest BCUT2D eigenvalue weighted by molar-refractivity contribution is 9.10. The van der Waals surface area contributed by atoms with E-state index in [1.54, 1.807) is 0 Å². The molecule has 0 fully saturated rings. The quantitative estimate of drug-likeness (QED) is 0.625. The molecule has 1 nitrogen and oxygen atoms in total. The molecule has 14 heavy (non-hydrogen) atoms. The number of hydrogen-bond acceptors (Lipinski definition) is 2. The molecule has 0 amide bonds. The summed E-state index contributed by atoms with van der Waals surface area (Å²) >= 11 is 2.17. The predicted molar refractivity (Wildman–Crippen MR) is 47.7 cm³/mol. The molecule has 0 saturated heterocycles. The highest BCUT2D eigenvalue weighted by atomic mass is 79.9. The minimum absolute atomic E-state index is 0.0153. The first-order chi connectivity index (χ1) is 6.31. The van der Waals surface area contributed by atoms with Crippen molar-refractivity contribution < 1.29 is 22.7 Å². The van der Waals surface area contributed by atoms with Gasteiger partial charge in [-0.3, -0.25) is 0 Å². The fourth-order valence-electron chi connectivity index (χ4n) is 0.726. The number of halogens is 5. The average molecular weight is 291 g/mol. The lowest BCUT2D eigenvalue weighted by molar-refractivity contribution is -0.0329. The minimum Gasteiger partial charge on any atom is -0.504 e. The van der Waals surface area contributed by atoms with Gasteiger partial charge in [-0.25, -0.2) is 4.39 Å². The zero-order valence-corrected chi connectivity index (χ0v) is 8.80. The van der Waals surface area contributed by atoms with Gasteiger partial charge in [0.15, 0.2) is 11.6 Å². The summed E-state index contributed by atoms with van der Waals surface area (Å²) in [5.74, 6) is -2.10. The molecule has 0 aromatic heterocycles. The van der Waals surface area contributed by atoms with Gasteiger partial charge in [0.2, 0.25) is 0 Å². The van der Waals surface area contributed by atoms with Gasteiger partial charge in [-0.05, 0) is 39.8 Å². The van der Waals surface area contributed by atoms with Gasteiger partial charge in [0.25, 0.3) is 0 Å². The van der Waals surface area contributed by atoms with Crippen molar-refractivity contribution in [3.8, 4) is 5.75 Å². The van der Waals surface area contributed by atoms with Crippen LogP contribution < -0.4 is 0 Å². The summed E-state index contributed by atoms with van der Waals surface area (Å²) in [5, 5.41) is 8.98. The Morgan fingerprint density at radius 2 is 1.86 bits per heavy atom. The molecular weight excluding hydrogens is 288 g/mol. The molecule has 0 unspecified atom stereocenters. The molecule has 1 rings (SSSR count). The zero-order chi connectivity index (χ0) is 10.9. The molecule has 0 saturated carbocycles. The summed E-state index contributed by atoms with van der Waals surface area (Å²) < 4.78 is 48.6. The Morgan fingerprint density at radius 3 is 2.36 bits per heavy atom. The van der Waals surface area contributed by atoms with Crippen LogP contribution in [0.3, 0.4) is 0 Å². The summed E-state index contributed by atoms with van der Waals surface area (Å²) in [6.07, 6.45) is 0. The summed E-state index contributed by atoms with van der Waals surface area (Å²) in [6.45, 7) is 0. The summed E-state index contributed by atoms with van der Waals surface area (Å²) in [4.78, 5) is -0.654. The van der Waals surface area contributed by atoms with Crippen molar-refractivity contribution in [2.24, 2.45) is 0 Å². The smallest absolute Gasteiger partial charge is 0.446 e. The molecule has 0 spiro atoms. The van der Waals surface area contributed by atoms with Gasteiger partial charge in [-0.2, -0.15) is 13.2 Å². The first kappa shape index (κ1) is 11.6. The van der Waals surface area contributed by atoms with Crippen LogP contribution in [0, 0.1) is 5.82 Å². The van der Waals surface area contributed by atoms with E-state index in [0.29, 0.717) is 0 Å². The van der Waals surface area contributed by atoms with Crippen LogP contribution in [0.1, 0.15) is 0 Å². The predicted octanol–water partition coefficient (Wildman–Crippen LogP) is 3.91. The van der Waals surface area contributed by atoms with E-state index in [9.17, 15) is 17.6 Å². The molecule has 1 aromatic rings. The second-order valence-electron chi connectivity index (χ2n) is 2.26. The normalized spacial score (nSPS) is 11.8. The fourth-order valence-corrected chi connectivity index (χ4v) is 1.60. The monoisotopic (exact) mass is 290 g/mol. The largest absolute Gasteiger partial charge is 0.504 e. The Hall–Kier alpha value is -0.430. The Morgan fingerprint density at radius 1 is 1.29 bits per heavy atom. The van der Waals surface area contributed by atoms with Crippen LogP contribution in [-0.2, 0) is 0 Å². The Kier molecular flexibility index (Phi) is 3.31. The maximum atomic E-state index is 13.0. The molecule has 78 valence electrons. The lowest BCUT2D eigenvalue weighted by atomic mass is 10.3. The van der Waals surface area contributed by atoms with Gasteiger partial charge in [0.05, 0.1) is 9.37 Å². The van der Waals surface area contributed by atoms with E-state index in [1.165, 1.54) is 0 Å². The van der Waals surface area contributed by atoms with Crippen LogP contribution in [0.15, 0.2) is 21.5 Å². The van der Waals surface area contributed by atoms with E-state index in [-0.39, 0.29) is 4.47 Å². The van der Waals surface area contributed by atoms with Gasteiger partial charge in [0, 0.05) is 0 Å². The van der Waals surface area contributed by atoms with Crippen molar-refractivity contribution in [3.63, 3.8) is 0 Å². The minimum atomic E-state index is -4.57. The zero-order valence-electron chi connectivity index (χ0n) is 6.40. The van der Waals surface area contributed by atoms with Gasteiger partial charge >= 0.3 is 5.51 Å². The van der Waals surface area contributed by atoms with E-state index >= 15 is 0 Å². The summed E-state index contributed by atoms with van der Waals surface area (Å²) in [6, 6.07) is 2.09. The molecule has 1 aromatic carbocycles. The van der Waals surface area contributed by atoms with E-state index in [1.807, 2.05) is 0 Å².